The van der Waals surface area contributed by atoms with Gasteiger partial charge in [-0.15, -0.1) is 0 Å². The third-order valence-corrected chi connectivity index (χ3v) is 4.12. The van der Waals surface area contributed by atoms with Crippen molar-refractivity contribution in [2.75, 3.05) is 5.32 Å². The Labute approximate surface area is 163 Å². The van der Waals surface area contributed by atoms with E-state index in [1.807, 2.05) is 25.1 Å². The van der Waals surface area contributed by atoms with E-state index in [0.29, 0.717) is 29.2 Å². The van der Waals surface area contributed by atoms with E-state index >= 15 is 0 Å². The van der Waals surface area contributed by atoms with E-state index in [-0.39, 0.29) is 18.4 Å². The molecule has 0 unspecified atom stereocenters. The molecule has 2 aromatic carbocycles. The quantitative estimate of drug-likeness (QED) is 0.621. The van der Waals surface area contributed by atoms with Gasteiger partial charge in [0.1, 0.15) is 11.5 Å². The molecular weight excluding hydrogens is 356 g/mol. The Morgan fingerprint density at radius 1 is 1.00 bits per heavy atom. The molecule has 0 bridgehead atoms. The smallest absolute Gasteiger partial charge is 0.265 e. The number of amides is 2. The SMILES string of the molecule is CC[C@@H](Oc1ccccc1)C(=O)Nc1ccccc1C(=O)NCc1ccco1. The van der Waals surface area contributed by atoms with E-state index in [9.17, 15) is 9.59 Å². The lowest BCUT2D eigenvalue weighted by Gasteiger charge is -2.18. The summed E-state index contributed by atoms with van der Waals surface area (Å²) >= 11 is 0. The van der Waals surface area contributed by atoms with Crippen molar-refractivity contribution in [3.05, 3.63) is 84.3 Å². The van der Waals surface area contributed by atoms with Crippen LogP contribution in [-0.2, 0) is 11.3 Å². The summed E-state index contributed by atoms with van der Waals surface area (Å²) in [5.41, 5.74) is 0.802. The van der Waals surface area contributed by atoms with Crippen LogP contribution < -0.4 is 15.4 Å². The molecule has 0 saturated heterocycles. The molecule has 6 heteroatoms. The maximum Gasteiger partial charge on any atom is 0.265 e. The molecule has 28 heavy (non-hydrogen) atoms. The lowest BCUT2D eigenvalue weighted by molar-refractivity contribution is -0.122. The molecule has 0 saturated carbocycles. The number of para-hydroxylation sites is 2. The number of rotatable bonds is 8. The van der Waals surface area contributed by atoms with Gasteiger partial charge in [0.25, 0.3) is 11.8 Å². The highest BCUT2D eigenvalue weighted by molar-refractivity contribution is 6.04. The Morgan fingerprint density at radius 3 is 2.46 bits per heavy atom. The number of carbonyl (C=O) groups excluding carboxylic acids is 2. The number of furan rings is 1. The summed E-state index contributed by atoms with van der Waals surface area (Å²) in [6, 6.07) is 19.6. The van der Waals surface area contributed by atoms with Crippen LogP contribution in [0.15, 0.2) is 77.4 Å². The molecular formula is C22H22N2O4. The molecule has 3 aromatic rings. The molecule has 0 aliphatic rings. The number of hydrogen-bond acceptors (Lipinski definition) is 4. The van der Waals surface area contributed by atoms with E-state index in [1.165, 1.54) is 0 Å². The van der Waals surface area contributed by atoms with Crippen LogP contribution in [0.2, 0.25) is 0 Å². The highest BCUT2D eigenvalue weighted by Crippen LogP contribution is 2.18. The first-order chi connectivity index (χ1) is 13.7. The second kappa shape index (κ2) is 9.41. The van der Waals surface area contributed by atoms with E-state index in [4.69, 9.17) is 9.15 Å². The number of benzene rings is 2. The molecule has 0 radical (unpaired) electrons. The van der Waals surface area contributed by atoms with Crippen molar-refractivity contribution in [1.29, 1.82) is 0 Å². The Morgan fingerprint density at radius 2 is 1.75 bits per heavy atom. The monoisotopic (exact) mass is 378 g/mol. The van der Waals surface area contributed by atoms with Gasteiger partial charge in [-0.05, 0) is 42.8 Å². The van der Waals surface area contributed by atoms with Crippen molar-refractivity contribution in [2.45, 2.75) is 26.0 Å². The highest BCUT2D eigenvalue weighted by atomic mass is 16.5. The fourth-order valence-electron chi connectivity index (χ4n) is 2.66. The molecule has 6 nitrogen and oxygen atoms in total. The average Bonchev–Trinajstić information content (AvgIpc) is 3.25. The Hall–Kier alpha value is -3.54. The third kappa shape index (κ3) is 5.01. The zero-order chi connectivity index (χ0) is 19.8. The minimum atomic E-state index is -0.665. The third-order valence-electron chi connectivity index (χ3n) is 4.12. The predicted octanol–water partition coefficient (Wildman–Crippen LogP) is 4.01. The van der Waals surface area contributed by atoms with Crippen molar-refractivity contribution in [1.82, 2.24) is 5.32 Å². The van der Waals surface area contributed by atoms with Crippen LogP contribution in [0.5, 0.6) is 5.75 Å². The van der Waals surface area contributed by atoms with Gasteiger partial charge in [0, 0.05) is 0 Å². The molecule has 0 aliphatic heterocycles. The Balaban J connectivity index is 1.67. The summed E-state index contributed by atoms with van der Waals surface area (Å²) in [5.74, 6) is 0.660. The van der Waals surface area contributed by atoms with Crippen LogP contribution in [0.1, 0.15) is 29.5 Å². The van der Waals surface area contributed by atoms with Gasteiger partial charge in [-0.2, -0.15) is 0 Å². The topological polar surface area (TPSA) is 80.6 Å². The number of hydrogen-bond donors (Lipinski definition) is 2. The molecule has 0 spiro atoms. The molecule has 2 amide bonds. The first-order valence-corrected chi connectivity index (χ1v) is 9.09. The van der Waals surface area contributed by atoms with Crippen LogP contribution in [0.4, 0.5) is 5.69 Å². The number of nitrogens with one attached hydrogen (secondary N) is 2. The fraction of sp³-hybridized carbons (Fsp3) is 0.182. The largest absolute Gasteiger partial charge is 0.481 e. The standard InChI is InChI=1S/C22H22N2O4/c1-2-20(28-16-9-4-3-5-10-16)22(26)24-19-13-7-6-12-18(19)21(25)23-15-17-11-8-14-27-17/h3-14,20H,2,15H2,1H3,(H,23,25)(H,24,26)/t20-/m1/s1. The molecule has 1 atom stereocenters. The first kappa shape index (κ1) is 19.2. The van der Waals surface area contributed by atoms with Crippen molar-refractivity contribution in [3.8, 4) is 5.75 Å². The minimum Gasteiger partial charge on any atom is -0.481 e. The van der Waals surface area contributed by atoms with Crippen molar-refractivity contribution >= 4 is 17.5 Å². The van der Waals surface area contributed by atoms with Gasteiger partial charge in [-0.1, -0.05) is 37.3 Å². The Bertz CT molecular complexity index is 907. The lowest BCUT2D eigenvalue weighted by atomic mass is 10.1. The minimum absolute atomic E-state index is 0.267. The van der Waals surface area contributed by atoms with Crippen LogP contribution in [0.25, 0.3) is 0 Å². The molecule has 2 N–H and O–H groups in total. The molecule has 1 heterocycles. The van der Waals surface area contributed by atoms with Gasteiger partial charge in [0.15, 0.2) is 6.10 Å². The van der Waals surface area contributed by atoms with E-state index in [2.05, 4.69) is 10.6 Å². The average molecular weight is 378 g/mol. The lowest BCUT2D eigenvalue weighted by Crippen LogP contribution is -2.33. The summed E-state index contributed by atoms with van der Waals surface area (Å²) in [5, 5.41) is 5.59. The van der Waals surface area contributed by atoms with Crippen LogP contribution in [-0.4, -0.2) is 17.9 Å². The fourth-order valence-corrected chi connectivity index (χ4v) is 2.66. The number of carbonyl (C=O) groups is 2. The second-order valence-electron chi connectivity index (χ2n) is 6.12. The summed E-state index contributed by atoms with van der Waals surface area (Å²) in [7, 11) is 0. The van der Waals surface area contributed by atoms with Crippen LogP contribution >= 0.6 is 0 Å². The molecule has 0 aliphatic carbocycles. The molecule has 0 fully saturated rings. The maximum absolute atomic E-state index is 12.7. The summed E-state index contributed by atoms with van der Waals surface area (Å²) in [6.07, 6.45) is 1.38. The predicted molar refractivity (Wildman–Crippen MR) is 106 cm³/mol. The second-order valence-corrected chi connectivity index (χ2v) is 6.12. The van der Waals surface area contributed by atoms with Crippen molar-refractivity contribution in [2.24, 2.45) is 0 Å². The Kier molecular flexibility index (Phi) is 6.46. The van der Waals surface area contributed by atoms with Gasteiger partial charge in [0.2, 0.25) is 0 Å². The zero-order valence-corrected chi connectivity index (χ0v) is 15.6. The zero-order valence-electron chi connectivity index (χ0n) is 15.6. The van der Waals surface area contributed by atoms with Gasteiger partial charge in [-0.3, -0.25) is 9.59 Å². The number of ether oxygens (including phenoxy) is 1. The normalized spacial score (nSPS) is 11.5. The summed E-state index contributed by atoms with van der Waals surface area (Å²) in [6.45, 7) is 2.14. The van der Waals surface area contributed by atoms with Crippen LogP contribution in [0, 0.1) is 0 Å². The first-order valence-electron chi connectivity index (χ1n) is 9.09. The molecule has 144 valence electrons. The van der Waals surface area contributed by atoms with Gasteiger partial charge in [-0.25, -0.2) is 0 Å². The molecule has 3 rings (SSSR count). The van der Waals surface area contributed by atoms with Crippen molar-refractivity contribution < 1.29 is 18.7 Å². The highest BCUT2D eigenvalue weighted by Gasteiger charge is 2.21. The van der Waals surface area contributed by atoms with Crippen molar-refractivity contribution in [3.63, 3.8) is 0 Å². The maximum atomic E-state index is 12.7. The van der Waals surface area contributed by atoms with Gasteiger partial charge < -0.3 is 19.8 Å². The molecule has 1 aromatic heterocycles. The van der Waals surface area contributed by atoms with Gasteiger partial charge in [0.05, 0.1) is 24.1 Å². The van der Waals surface area contributed by atoms with Crippen LogP contribution in [0.3, 0.4) is 0 Å². The van der Waals surface area contributed by atoms with Gasteiger partial charge >= 0.3 is 0 Å². The summed E-state index contributed by atoms with van der Waals surface area (Å²) < 4.78 is 11.0. The van der Waals surface area contributed by atoms with E-state index in [0.717, 1.165) is 0 Å². The summed E-state index contributed by atoms with van der Waals surface area (Å²) in [4.78, 5) is 25.2. The van der Waals surface area contributed by atoms with E-state index in [1.54, 1.807) is 54.8 Å². The van der Waals surface area contributed by atoms with E-state index < -0.39 is 6.10 Å². The number of anilines is 1.